The fourth-order valence-electron chi connectivity index (χ4n) is 0.927. The molecule has 0 saturated heterocycles. The first-order valence-electron chi connectivity index (χ1n) is 3.63. The summed E-state index contributed by atoms with van der Waals surface area (Å²) in [6.07, 6.45) is -1.91. The van der Waals surface area contributed by atoms with Gasteiger partial charge in [0, 0.05) is 11.9 Å². The number of H-pyrrole nitrogens is 1. The highest BCUT2D eigenvalue weighted by Gasteiger charge is 2.15. The van der Waals surface area contributed by atoms with Gasteiger partial charge in [-0.05, 0) is 15.9 Å². The summed E-state index contributed by atoms with van der Waals surface area (Å²) in [6.45, 7) is 0. The van der Waals surface area contributed by atoms with Crippen molar-refractivity contribution in [1.29, 1.82) is 5.26 Å². The summed E-state index contributed by atoms with van der Waals surface area (Å²) in [5.41, 5.74) is -1.07. The summed E-state index contributed by atoms with van der Waals surface area (Å²) in [6, 6.07) is 1.81. The number of nitrogens with one attached hydrogen (secondary N) is 1. The molecule has 3 nitrogen and oxygen atoms in total. The first kappa shape index (κ1) is 10.9. The molecule has 0 radical (unpaired) electrons. The van der Waals surface area contributed by atoms with Crippen LogP contribution < -0.4 is 5.43 Å². The van der Waals surface area contributed by atoms with Crippen LogP contribution >= 0.6 is 15.9 Å². The van der Waals surface area contributed by atoms with Gasteiger partial charge in [0.15, 0.2) is 0 Å². The third-order valence-corrected chi connectivity index (χ3v) is 2.46. The largest absolute Gasteiger partial charge is 0.362 e. The van der Waals surface area contributed by atoms with E-state index in [-0.39, 0.29) is 10.9 Å². The Morgan fingerprint density at radius 2 is 2.29 bits per heavy atom. The molecule has 0 saturated carbocycles. The third kappa shape index (κ3) is 1.99. The number of pyridine rings is 1. The van der Waals surface area contributed by atoms with Gasteiger partial charge in [-0.2, -0.15) is 5.26 Å². The number of aromatic amines is 1. The van der Waals surface area contributed by atoms with Crippen LogP contribution in [0.5, 0.6) is 0 Å². The topological polar surface area (TPSA) is 56.6 Å². The lowest BCUT2D eigenvalue weighted by Gasteiger charge is -2.02. The maximum Gasteiger partial charge on any atom is 0.269 e. The molecule has 0 aromatic carbocycles. The maximum atomic E-state index is 12.2. The van der Waals surface area contributed by atoms with Gasteiger partial charge in [0.25, 0.3) is 6.43 Å². The van der Waals surface area contributed by atoms with E-state index in [9.17, 15) is 13.6 Å². The average molecular weight is 263 g/mol. The molecular formula is C8H5BrF2N2O. The van der Waals surface area contributed by atoms with E-state index in [2.05, 4.69) is 20.9 Å². The molecule has 0 aliphatic carbocycles. The number of hydrogen-bond acceptors (Lipinski definition) is 2. The molecule has 6 heteroatoms. The Morgan fingerprint density at radius 1 is 1.64 bits per heavy atom. The van der Waals surface area contributed by atoms with E-state index < -0.39 is 17.4 Å². The zero-order valence-electron chi connectivity index (χ0n) is 6.85. The minimum Gasteiger partial charge on any atom is -0.362 e. The Morgan fingerprint density at radius 3 is 2.79 bits per heavy atom. The molecular weight excluding hydrogens is 258 g/mol. The lowest BCUT2D eigenvalue weighted by molar-refractivity contribution is 0.149. The molecule has 0 spiro atoms. The second kappa shape index (κ2) is 4.33. The van der Waals surface area contributed by atoms with E-state index >= 15 is 0 Å². The standard InChI is InChI=1S/C8H5BrF2N2O/c9-6-5(1-2-12)13-3-4(7(6)14)8(10)11/h3,8H,1H2,(H,13,14). The summed E-state index contributed by atoms with van der Waals surface area (Å²) in [7, 11) is 0. The van der Waals surface area contributed by atoms with Crippen molar-refractivity contribution in [2.45, 2.75) is 12.8 Å². The molecule has 0 fully saturated rings. The normalized spacial score (nSPS) is 10.2. The zero-order chi connectivity index (χ0) is 10.7. The van der Waals surface area contributed by atoms with Gasteiger partial charge in [0.2, 0.25) is 5.43 Å². The Hall–Kier alpha value is -1.22. The summed E-state index contributed by atoms with van der Waals surface area (Å²) in [5, 5.41) is 8.37. The predicted octanol–water partition coefficient (Wildman–Crippen LogP) is 2.14. The van der Waals surface area contributed by atoms with E-state index in [1.54, 1.807) is 0 Å². The van der Waals surface area contributed by atoms with Gasteiger partial charge in [-0.1, -0.05) is 0 Å². The number of rotatable bonds is 2. The molecule has 14 heavy (non-hydrogen) atoms. The van der Waals surface area contributed by atoms with Crippen molar-refractivity contribution in [3.8, 4) is 6.07 Å². The number of aromatic nitrogens is 1. The SMILES string of the molecule is N#CCc1[nH]cc(C(F)F)c(=O)c1Br. The Kier molecular flexibility index (Phi) is 3.36. The molecule has 0 bridgehead atoms. The molecule has 1 aromatic heterocycles. The molecule has 1 rings (SSSR count). The van der Waals surface area contributed by atoms with E-state index in [1.165, 1.54) is 0 Å². The van der Waals surface area contributed by atoms with E-state index in [1.807, 2.05) is 6.07 Å². The Balaban J connectivity index is 3.28. The van der Waals surface area contributed by atoms with Crippen LogP contribution in [-0.4, -0.2) is 4.98 Å². The summed E-state index contributed by atoms with van der Waals surface area (Å²) in [5.74, 6) is 0. The number of hydrogen-bond donors (Lipinski definition) is 1. The smallest absolute Gasteiger partial charge is 0.269 e. The second-order valence-electron chi connectivity index (χ2n) is 2.50. The van der Waals surface area contributed by atoms with Crippen molar-refractivity contribution in [1.82, 2.24) is 4.98 Å². The number of alkyl halides is 2. The number of halogens is 3. The quantitative estimate of drug-likeness (QED) is 0.888. The highest BCUT2D eigenvalue weighted by atomic mass is 79.9. The first-order chi connectivity index (χ1) is 6.57. The lowest BCUT2D eigenvalue weighted by atomic mass is 10.2. The van der Waals surface area contributed by atoms with Crippen LogP contribution in [0.15, 0.2) is 15.5 Å². The zero-order valence-corrected chi connectivity index (χ0v) is 8.44. The van der Waals surface area contributed by atoms with Crippen LogP contribution in [0.2, 0.25) is 0 Å². The molecule has 0 atom stereocenters. The van der Waals surface area contributed by atoms with E-state index in [0.29, 0.717) is 5.69 Å². The van der Waals surface area contributed by atoms with Crippen LogP contribution in [0.3, 0.4) is 0 Å². The van der Waals surface area contributed by atoms with Crippen molar-refractivity contribution in [2.24, 2.45) is 0 Å². The van der Waals surface area contributed by atoms with Gasteiger partial charge >= 0.3 is 0 Å². The van der Waals surface area contributed by atoms with Gasteiger partial charge in [0.1, 0.15) is 0 Å². The molecule has 0 unspecified atom stereocenters. The van der Waals surface area contributed by atoms with Crippen molar-refractivity contribution in [3.05, 3.63) is 32.2 Å². The minimum atomic E-state index is -2.81. The van der Waals surface area contributed by atoms with Crippen molar-refractivity contribution in [3.63, 3.8) is 0 Å². The van der Waals surface area contributed by atoms with Crippen molar-refractivity contribution >= 4 is 15.9 Å². The highest BCUT2D eigenvalue weighted by Crippen LogP contribution is 2.18. The first-order valence-corrected chi connectivity index (χ1v) is 4.42. The van der Waals surface area contributed by atoms with Crippen LogP contribution in [0.4, 0.5) is 8.78 Å². The molecule has 0 aliphatic rings. The number of nitrogens with zero attached hydrogens (tertiary/aromatic N) is 1. The van der Waals surface area contributed by atoms with Gasteiger partial charge in [-0.15, -0.1) is 0 Å². The molecule has 1 heterocycles. The monoisotopic (exact) mass is 262 g/mol. The highest BCUT2D eigenvalue weighted by molar-refractivity contribution is 9.10. The summed E-state index contributed by atoms with van der Waals surface area (Å²) in [4.78, 5) is 13.7. The van der Waals surface area contributed by atoms with Crippen LogP contribution in [-0.2, 0) is 6.42 Å². The lowest BCUT2D eigenvalue weighted by Crippen LogP contribution is -2.13. The number of nitriles is 1. The summed E-state index contributed by atoms with van der Waals surface area (Å²) < 4.78 is 24.4. The van der Waals surface area contributed by atoms with Gasteiger partial charge < -0.3 is 4.98 Å². The van der Waals surface area contributed by atoms with Crippen molar-refractivity contribution < 1.29 is 8.78 Å². The fraction of sp³-hybridized carbons (Fsp3) is 0.250. The van der Waals surface area contributed by atoms with E-state index in [0.717, 1.165) is 6.20 Å². The predicted molar refractivity (Wildman–Crippen MR) is 49.0 cm³/mol. The summed E-state index contributed by atoms with van der Waals surface area (Å²) >= 11 is 2.87. The molecule has 0 amide bonds. The van der Waals surface area contributed by atoms with Gasteiger partial charge in [-0.25, -0.2) is 8.78 Å². The van der Waals surface area contributed by atoms with Gasteiger partial charge in [-0.3, -0.25) is 4.79 Å². The molecule has 0 aliphatic heterocycles. The fourth-order valence-corrected chi connectivity index (χ4v) is 1.41. The van der Waals surface area contributed by atoms with Crippen LogP contribution in [0.1, 0.15) is 17.7 Å². The average Bonchev–Trinajstić information content (AvgIpc) is 2.13. The van der Waals surface area contributed by atoms with Crippen LogP contribution in [0.25, 0.3) is 0 Å². The van der Waals surface area contributed by atoms with Crippen molar-refractivity contribution in [2.75, 3.05) is 0 Å². The second-order valence-corrected chi connectivity index (χ2v) is 3.29. The maximum absolute atomic E-state index is 12.2. The molecule has 1 N–H and O–H groups in total. The molecule has 1 aromatic rings. The van der Waals surface area contributed by atoms with Gasteiger partial charge in [0.05, 0.1) is 22.5 Å². The Bertz CT molecular complexity index is 436. The Labute approximate surface area is 86.5 Å². The molecule has 74 valence electrons. The minimum absolute atomic E-state index is 0.00292. The third-order valence-electron chi connectivity index (χ3n) is 1.62. The van der Waals surface area contributed by atoms with Crippen LogP contribution in [0, 0.1) is 11.3 Å². The van der Waals surface area contributed by atoms with E-state index in [4.69, 9.17) is 5.26 Å².